The normalized spacial score (nSPS) is 11.2. The molecule has 0 spiro atoms. The summed E-state index contributed by atoms with van der Waals surface area (Å²) in [6.45, 7) is 0. The third kappa shape index (κ3) is 5.20. The van der Waals surface area contributed by atoms with Crippen molar-refractivity contribution < 1.29 is 0 Å². The summed E-state index contributed by atoms with van der Waals surface area (Å²) in [5, 5.41) is 33.2. The number of aromatic nitrogens is 3. The van der Waals surface area contributed by atoms with Gasteiger partial charge in [-0.2, -0.15) is 15.8 Å². The number of pyridine rings is 1. The summed E-state index contributed by atoms with van der Waals surface area (Å²) in [4.78, 5) is 5.25. The van der Waals surface area contributed by atoms with Crippen LogP contribution < -0.4 is 0 Å². The van der Waals surface area contributed by atoms with Crippen molar-refractivity contribution in [1.29, 1.82) is 15.8 Å². The van der Waals surface area contributed by atoms with E-state index in [-0.39, 0.29) is 0 Å². The summed E-state index contributed by atoms with van der Waals surface area (Å²) in [6.07, 6.45) is 1.95. The van der Waals surface area contributed by atoms with Crippen molar-refractivity contribution in [1.82, 2.24) is 14.1 Å². The van der Waals surface area contributed by atoms with E-state index in [0.717, 1.165) is 88.5 Å². The molecular weight excluding hydrogens is 685 g/mol. The molecule has 0 aliphatic carbocycles. The molecular formula is C50H28N6. The third-order valence-corrected chi connectivity index (χ3v) is 10.7. The van der Waals surface area contributed by atoms with Gasteiger partial charge in [-0.15, -0.1) is 0 Å². The van der Waals surface area contributed by atoms with Crippen LogP contribution in [0, 0.1) is 34.0 Å². The SMILES string of the molecule is N#Cc1ccc(-c2ccc3c4ccccc4n(-c4cc(-c5cccc(C#N)c5)c(-n5c6ccccc6c6ccc(-c7ccc(C#N)cc7)cc65)cn4)c3c2)cc1. The second-order valence-corrected chi connectivity index (χ2v) is 13.8. The highest BCUT2D eigenvalue weighted by Crippen LogP contribution is 2.40. The smallest absolute Gasteiger partial charge is 0.138 e. The average Bonchev–Trinajstić information content (AvgIpc) is 3.78. The van der Waals surface area contributed by atoms with Crippen LogP contribution in [-0.2, 0) is 0 Å². The molecule has 0 bridgehead atoms. The standard InChI is InChI=1S/C50H28N6/c51-28-32-12-16-35(17-13-32)37-20-22-42-40-8-1-3-10-45(40)55(47(42)25-37)49-31-54-50(27-44(49)39-7-5-6-34(24-39)30-53)56-46-11-4-2-9-41(46)43-23-21-38(26-48(43)56)36-18-14-33(29-52)15-19-36/h1-27,31H. The molecule has 56 heavy (non-hydrogen) atoms. The number of para-hydroxylation sites is 2. The summed E-state index contributed by atoms with van der Waals surface area (Å²) in [5.41, 5.74) is 12.7. The number of hydrogen-bond donors (Lipinski definition) is 0. The molecule has 6 heteroatoms. The van der Waals surface area contributed by atoms with Gasteiger partial charge >= 0.3 is 0 Å². The van der Waals surface area contributed by atoms with Crippen molar-refractivity contribution in [3.8, 4) is 63.1 Å². The van der Waals surface area contributed by atoms with Gasteiger partial charge in [0.1, 0.15) is 5.82 Å². The van der Waals surface area contributed by atoms with Gasteiger partial charge in [-0.25, -0.2) is 4.98 Å². The number of hydrogen-bond acceptors (Lipinski definition) is 4. The van der Waals surface area contributed by atoms with Gasteiger partial charge in [0.2, 0.25) is 0 Å². The van der Waals surface area contributed by atoms with E-state index < -0.39 is 0 Å². The van der Waals surface area contributed by atoms with E-state index in [4.69, 9.17) is 4.98 Å². The quantitative estimate of drug-likeness (QED) is 0.177. The van der Waals surface area contributed by atoms with E-state index in [0.29, 0.717) is 16.7 Å². The maximum atomic E-state index is 10.0. The van der Waals surface area contributed by atoms with Gasteiger partial charge in [0, 0.05) is 27.1 Å². The molecule has 10 aromatic rings. The van der Waals surface area contributed by atoms with Crippen LogP contribution in [0.25, 0.3) is 88.5 Å². The van der Waals surface area contributed by atoms with Crippen molar-refractivity contribution in [2.24, 2.45) is 0 Å². The van der Waals surface area contributed by atoms with E-state index in [1.807, 2.05) is 79.0 Å². The Morgan fingerprint density at radius 3 is 1.45 bits per heavy atom. The van der Waals surface area contributed by atoms with Crippen molar-refractivity contribution in [2.75, 3.05) is 0 Å². The zero-order valence-corrected chi connectivity index (χ0v) is 29.8. The van der Waals surface area contributed by atoms with Gasteiger partial charge in [-0.05, 0) is 94.5 Å². The highest BCUT2D eigenvalue weighted by atomic mass is 15.1. The van der Waals surface area contributed by atoms with Crippen LogP contribution in [0.5, 0.6) is 0 Å². The lowest BCUT2D eigenvalue weighted by Crippen LogP contribution is -2.03. The largest absolute Gasteiger partial charge is 0.307 e. The van der Waals surface area contributed by atoms with Crippen molar-refractivity contribution in [2.45, 2.75) is 0 Å². The van der Waals surface area contributed by atoms with Crippen LogP contribution in [0.15, 0.2) is 170 Å². The Balaban J connectivity index is 1.25. The van der Waals surface area contributed by atoms with Gasteiger partial charge in [0.05, 0.1) is 68.8 Å². The van der Waals surface area contributed by atoms with Crippen LogP contribution >= 0.6 is 0 Å². The average molecular weight is 713 g/mol. The molecule has 7 aromatic carbocycles. The highest BCUT2D eigenvalue weighted by molar-refractivity contribution is 6.12. The minimum absolute atomic E-state index is 0.570. The zero-order valence-electron chi connectivity index (χ0n) is 29.8. The Bertz CT molecular complexity index is 3330. The molecule has 0 unspecified atom stereocenters. The Morgan fingerprint density at radius 2 is 0.875 bits per heavy atom. The summed E-state index contributed by atoms with van der Waals surface area (Å²) in [5.74, 6) is 0.744. The minimum atomic E-state index is 0.570. The lowest BCUT2D eigenvalue weighted by molar-refractivity contribution is 1.06. The number of fused-ring (bicyclic) bond motifs is 6. The summed E-state index contributed by atoms with van der Waals surface area (Å²) in [7, 11) is 0. The Hall–Kier alpha value is -8.24. The van der Waals surface area contributed by atoms with Crippen molar-refractivity contribution in [3.63, 3.8) is 0 Å². The van der Waals surface area contributed by atoms with Gasteiger partial charge in [0.25, 0.3) is 0 Å². The van der Waals surface area contributed by atoms with Crippen LogP contribution in [-0.4, -0.2) is 14.1 Å². The first-order chi connectivity index (χ1) is 27.6. The Kier molecular flexibility index (Phi) is 7.53. The maximum Gasteiger partial charge on any atom is 0.138 e. The van der Waals surface area contributed by atoms with Crippen molar-refractivity contribution >= 4 is 43.6 Å². The van der Waals surface area contributed by atoms with Crippen LogP contribution in [0.1, 0.15) is 16.7 Å². The summed E-state index contributed by atoms with van der Waals surface area (Å²) < 4.78 is 4.49. The number of rotatable bonds is 5. The third-order valence-electron chi connectivity index (χ3n) is 10.7. The molecule has 0 radical (unpaired) electrons. The van der Waals surface area contributed by atoms with Gasteiger partial charge in [-0.3, -0.25) is 4.57 Å². The second-order valence-electron chi connectivity index (χ2n) is 13.8. The number of nitrogens with zero attached hydrogens (tertiary/aromatic N) is 6. The van der Waals surface area contributed by atoms with E-state index in [1.165, 1.54) is 0 Å². The topological polar surface area (TPSA) is 94.1 Å². The predicted molar refractivity (Wildman–Crippen MR) is 223 cm³/mol. The molecule has 0 atom stereocenters. The summed E-state index contributed by atoms with van der Waals surface area (Å²) >= 11 is 0. The lowest BCUT2D eigenvalue weighted by Gasteiger charge is -2.17. The fraction of sp³-hybridized carbons (Fsp3) is 0. The van der Waals surface area contributed by atoms with Crippen molar-refractivity contribution in [3.05, 3.63) is 187 Å². The summed E-state index contributed by atoms with van der Waals surface area (Å²) in [6, 6.07) is 61.8. The maximum absolute atomic E-state index is 10.0. The molecule has 6 nitrogen and oxygen atoms in total. The van der Waals surface area contributed by atoms with E-state index in [1.54, 1.807) is 0 Å². The number of benzene rings is 7. The zero-order chi connectivity index (χ0) is 37.8. The number of nitriles is 3. The molecule has 0 saturated heterocycles. The predicted octanol–water partition coefficient (Wildman–Crippen LogP) is 11.9. The van der Waals surface area contributed by atoms with Crippen LogP contribution in [0.4, 0.5) is 0 Å². The minimum Gasteiger partial charge on any atom is -0.307 e. The fourth-order valence-electron chi connectivity index (χ4n) is 8.01. The van der Waals surface area contributed by atoms with E-state index >= 15 is 0 Å². The molecule has 0 N–H and O–H groups in total. The van der Waals surface area contributed by atoms with E-state index in [9.17, 15) is 15.8 Å². The van der Waals surface area contributed by atoms with Gasteiger partial charge < -0.3 is 4.57 Å². The monoisotopic (exact) mass is 712 g/mol. The van der Waals surface area contributed by atoms with Gasteiger partial charge in [0.15, 0.2) is 0 Å². The first-order valence-corrected chi connectivity index (χ1v) is 18.2. The molecule has 10 rings (SSSR count). The first kappa shape index (κ1) is 32.4. The van der Waals surface area contributed by atoms with E-state index in [2.05, 4.69) is 118 Å². The first-order valence-electron chi connectivity index (χ1n) is 18.2. The molecule has 3 aromatic heterocycles. The fourth-order valence-corrected chi connectivity index (χ4v) is 8.01. The Labute approximate surface area is 322 Å². The molecule has 0 aliphatic rings. The lowest BCUT2D eigenvalue weighted by atomic mass is 10.0. The highest BCUT2D eigenvalue weighted by Gasteiger charge is 2.20. The molecule has 0 saturated carbocycles. The molecule has 0 amide bonds. The molecule has 0 fully saturated rings. The van der Waals surface area contributed by atoms with Gasteiger partial charge in [-0.1, -0.05) is 97.1 Å². The Morgan fingerprint density at radius 1 is 0.375 bits per heavy atom. The molecule has 0 aliphatic heterocycles. The molecule has 3 heterocycles. The molecule has 258 valence electrons. The second kappa shape index (κ2) is 13.0. The van der Waals surface area contributed by atoms with Crippen LogP contribution in [0.3, 0.4) is 0 Å². The van der Waals surface area contributed by atoms with Crippen LogP contribution in [0.2, 0.25) is 0 Å².